The maximum absolute atomic E-state index is 5.62. The maximum atomic E-state index is 5.62. The van der Waals surface area contributed by atoms with Crippen LogP contribution >= 0.6 is 0 Å². The Bertz CT molecular complexity index is 776. The van der Waals surface area contributed by atoms with Crippen molar-refractivity contribution in [2.75, 3.05) is 20.0 Å². The van der Waals surface area contributed by atoms with Gasteiger partial charge in [0.2, 0.25) is 0 Å². The number of nitrogens with zero attached hydrogens (tertiary/aromatic N) is 2. The Morgan fingerprint density at radius 1 is 1.00 bits per heavy atom. The molecule has 2 aromatic heterocycles. The first-order valence-corrected chi connectivity index (χ1v) is 8.84. The van der Waals surface area contributed by atoms with E-state index in [1.807, 2.05) is 24.3 Å². The van der Waals surface area contributed by atoms with Gasteiger partial charge in [0.05, 0.1) is 19.7 Å². The lowest BCUT2D eigenvalue weighted by Gasteiger charge is -2.02. The normalized spacial score (nSPS) is 13.7. The molecule has 0 atom stereocenters. The van der Waals surface area contributed by atoms with E-state index in [-0.39, 0.29) is 2.85 Å². The number of rotatable bonds is 2. The number of nitrogens with two attached hydrogens (primary N) is 1. The smallest absolute Gasteiger partial charge is 0.179 e. The lowest BCUT2D eigenvalue weighted by atomic mass is 10.1. The first-order valence-electron chi connectivity index (χ1n) is 8.84. The first-order chi connectivity index (χ1) is 12.6. The Morgan fingerprint density at radius 3 is 2.19 bits per heavy atom. The molecule has 6 nitrogen and oxygen atoms in total. The number of hydrogen-bond acceptors (Lipinski definition) is 5. The van der Waals surface area contributed by atoms with Crippen LogP contribution in [0, 0.1) is 6.92 Å². The Labute approximate surface area is 157 Å². The molecule has 0 saturated heterocycles. The summed E-state index contributed by atoms with van der Waals surface area (Å²) < 4.78 is 0. The Hall–Kier alpha value is -2.44. The Morgan fingerprint density at radius 2 is 1.65 bits per heavy atom. The molecule has 0 spiro atoms. The summed E-state index contributed by atoms with van der Waals surface area (Å²) in [6, 6.07) is 14.0. The van der Waals surface area contributed by atoms with Crippen LogP contribution in [0.4, 0.5) is 5.82 Å². The van der Waals surface area contributed by atoms with Gasteiger partial charge in [-0.25, -0.2) is 19.7 Å². The summed E-state index contributed by atoms with van der Waals surface area (Å²) in [6.07, 6.45) is 5.12. The van der Waals surface area contributed by atoms with Gasteiger partial charge in [-0.05, 0) is 31.9 Å². The zero-order valence-electron chi connectivity index (χ0n) is 15.7. The summed E-state index contributed by atoms with van der Waals surface area (Å²) in [5.74, 6) is 2.22. The SMILES string of the molecule is COOC.Cc1ccccc1.Nc1ccc2[nH]c(C3CCCC3)nc2n1.[HH].[HH]. The predicted octanol–water partition coefficient (Wildman–Crippen LogP) is 4.88. The minimum Gasteiger partial charge on any atom is -0.384 e. The topological polar surface area (TPSA) is 86.0 Å². The number of fused-ring (bicyclic) bond motifs is 1. The van der Waals surface area contributed by atoms with Gasteiger partial charge in [-0.2, -0.15) is 0 Å². The second-order valence-electron chi connectivity index (χ2n) is 6.20. The molecule has 4 rings (SSSR count). The highest BCUT2D eigenvalue weighted by Crippen LogP contribution is 2.33. The lowest BCUT2D eigenvalue weighted by Crippen LogP contribution is -1.94. The number of H-pyrrole nitrogens is 1. The molecule has 1 saturated carbocycles. The quantitative estimate of drug-likeness (QED) is 0.502. The number of aromatic amines is 1. The Kier molecular flexibility index (Phi) is 8.05. The molecule has 3 N–H and O–H groups in total. The summed E-state index contributed by atoms with van der Waals surface area (Å²) in [7, 11) is 2.92. The monoisotopic (exact) mass is 360 g/mol. The second kappa shape index (κ2) is 10.5. The summed E-state index contributed by atoms with van der Waals surface area (Å²) in [5, 5.41) is 0. The number of aromatic nitrogens is 3. The molecule has 0 radical (unpaired) electrons. The van der Waals surface area contributed by atoms with E-state index in [2.05, 4.69) is 43.8 Å². The fraction of sp³-hybridized carbons (Fsp3) is 0.400. The molecule has 3 aromatic rings. The molecule has 0 unspecified atom stereocenters. The molecule has 0 aliphatic heterocycles. The molecule has 1 aliphatic carbocycles. The predicted molar refractivity (Wildman–Crippen MR) is 109 cm³/mol. The number of imidazole rings is 1. The fourth-order valence-electron chi connectivity index (χ4n) is 2.85. The number of anilines is 1. The lowest BCUT2D eigenvalue weighted by molar-refractivity contribution is -0.248. The zero-order valence-corrected chi connectivity index (χ0v) is 15.7. The van der Waals surface area contributed by atoms with Crippen molar-refractivity contribution < 1.29 is 12.6 Å². The number of benzene rings is 1. The summed E-state index contributed by atoms with van der Waals surface area (Å²) >= 11 is 0. The highest BCUT2D eigenvalue weighted by molar-refractivity contribution is 5.72. The van der Waals surface area contributed by atoms with Gasteiger partial charge in [-0.3, -0.25) is 0 Å². The number of pyridine rings is 1. The summed E-state index contributed by atoms with van der Waals surface area (Å²) in [5.41, 5.74) is 8.68. The zero-order chi connectivity index (χ0) is 18.8. The number of nitrogens with one attached hydrogen (secondary N) is 1. The van der Waals surface area contributed by atoms with Gasteiger partial charge in [-0.15, -0.1) is 0 Å². The van der Waals surface area contributed by atoms with E-state index in [4.69, 9.17) is 5.73 Å². The third kappa shape index (κ3) is 6.13. The highest BCUT2D eigenvalue weighted by atomic mass is 17.2. The number of aryl methyl sites for hydroxylation is 1. The van der Waals surface area contributed by atoms with Crippen LogP contribution in [0.5, 0.6) is 0 Å². The average Bonchev–Trinajstić information content (AvgIpc) is 3.32. The van der Waals surface area contributed by atoms with Gasteiger partial charge in [0.15, 0.2) is 5.65 Å². The van der Waals surface area contributed by atoms with Crippen molar-refractivity contribution >= 4 is 17.0 Å². The van der Waals surface area contributed by atoms with Crippen LogP contribution in [0.2, 0.25) is 0 Å². The summed E-state index contributed by atoms with van der Waals surface area (Å²) in [6.45, 7) is 2.08. The molecule has 2 heterocycles. The molecule has 0 bridgehead atoms. The molecule has 0 amide bonds. The van der Waals surface area contributed by atoms with E-state index in [0.29, 0.717) is 11.7 Å². The van der Waals surface area contributed by atoms with Gasteiger partial charge < -0.3 is 10.7 Å². The van der Waals surface area contributed by atoms with Crippen LogP contribution in [0.15, 0.2) is 42.5 Å². The fourth-order valence-corrected chi connectivity index (χ4v) is 2.85. The molecule has 1 aromatic carbocycles. The second-order valence-corrected chi connectivity index (χ2v) is 6.20. The van der Waals surface area contributed by atoms with Gasteiger partial charge in [0.25, 0.3) is 0 Å². The van der Waals surface area contributed by atoms with Crippen molar-refractivity contribution in [1.29, 1.82) is 0 Å². The van der Waals surface area contributed by atoms with Crippen molar-refractivity contribution in [2.45, 2.75) is 38.5 Å². The van der Waals surface area contributed by atoms with Gasteiger partial charge in [-0.1, -0.05) is 48.7 Å². The van der Waals surface area contributed by atoms with Gasteiger partial charge >= 0.3 is 0 Å². The van der Waals surface area contributed by atoms with Gasteiger partial charge in [0.1, 0.15) is 11.6 Å². The van der Waals surface area contributed by atoms with Crippen LogP contribution in [0.3, 0.4) is 0 Å². The average molecular weight is 361 g/mol. The third-order valence-electron chi connectivity index (χ3n) is 4.23. The Balaban J connectivity index is 0.000000477. The van der Waals surface area contributed by atoms with Crippen LogP contribution in [-0.4, -0.2) is 29.2 Å². The van der Waals surface area contributed by atoms with E-state index in [0.717, 1.165) is 17.0 Å². The molecule has 26 heavy (non-hydrogen) atoms. The van der Waals surface area contributed by atoms with E-state index in [1.54, 1.807) is 6.07 Å². The van der Waals surface area contributed by atoms with Crippen LogP contribution in [0.25, 0.3) is 11.2 Å². The van der Waals surface area contributed by atoms with E-state index in [1.165, 1.54) is 45.5 Å². The third-order valence-corrected chi connectivity index (χ3v) is 4.23. The first kappa shape index (κ1) is 19.9. The van der Waals surface area contributed by atoms with Crippen molar-refractivity contribution in [1.82, 2.24) is 15.0 Å². The van der Waals surface area contributed by atoms with Crippen molar-refractivity contribution in [3.05, 3.63) is 53.9 Å². The van der Waals surface area contributed by atoms with Crippen molar-refractivity contribution in [2.24, 2.45) is 0 Å². The minimum absolute atomic E-state index is 0. The maximum Gasteiger partial charge on any atom is 0.179 e. The summed E-state index contributed by atoms with van der Waals surface area (Å²) in [4.78, 5) is 20.1. The minimum atomic E-state index is 0. The van der Waals surface area contributed by atoms with Crippen molar-refractivity contribution in [3.63, 3.8) is 0 Å². The van der Waals surface area contributed by atoms with Crippen LogP contribution in [0.1, 0.15) is 45.8 Å². The standard InChI is InChI=1S/C11H14N4.C7H8.C2H6O2.2H2/c12-9-6-5-8-11(14-9)15-10(13-8)7-3-1-2-4-7;1-7-5-3-2-4-6-7;1-3-4-2;;/h5-7H,1-4H2,(H3,12,13,14,15);2-6H,1H3;1-2H3;2*1H. The van der Waals surface area contributed by atoms with E-state index in [9.17, 15) is 0 Å². The molecular weight excluding hydrogens is 328 g/mol. The molecule has 1 fully saturated rings. The van der Waals surface area contributed by atoms with Crippen molar-refractivity contribution in [3.8, 4) is 0 Å². The number of hydrogen-bond donors (Lipinski definition) is 2. The van der Waals surface area contributed by atoms with E-state index >= 15 is 0 Å². The highest BCUT2D eigenvalue weighted by Gasteiger charge is 2.20. The molecule has 1 aliphatic rings. The molecular formula is C20H32N4O2. The van der Waals surface area contributed by atoms with E-state index < -0.39 is 0 Å². The van der Waals surface area contributed by atoms with Gasteiger partial charge in [0, 0.05) is 8.77 Å². The largest absolute Gasteiger partial charge is 0.384 e. The molecule has 144 valence electrons. The number of nitrogen functional groups attached to an aromatic ring is 1. The molecule has 6 heteroatoms. The van der Waals surface area contributed by atoms with Crippen LogP contribution < -0.4 is 5.73 Å². The van der Waals surface area contributed by atoms with Crippen LogP contribution in [-0.2, 0) is 9.78 Å².